The molecule has 2 aromatic rings. The van der Waals surface area contributed by atoms with Crippen molar-refractivity contribution in [2.24, 2.45) is 0 Å². The molecule has 0 unspecified atom stereocenters. The third-order valence-corrected chi connectivity index (χ3v) is 3.46. The first-order chi connectivity index (χ1) is 8.42. The maximum atomic E-state index is 11.0. The van der Waals surface area contributed by atoms with Crippen molar-refractivity contribution >= 4 is 16.7 Å². The normalized spacial score (nSPS) is 11.7. The zero-order chi connectivity index (χ0) is 13.3. The van der Waals surface area contributed by atoms with Crippen molar-refractivity contribution < 1.29 is 9.90 Å². The monoisotopic (exact) mass is 242 g/mol. The fourth-order valence-electron chi connectivity index (χ4n) is 2.51. The second-order valence-electron chi connectivity index (χ2n) is 5.43. The van der Waals surface area contributed by atoms with E-state index < -0.39 is 5.97 Å². The number of hydrogen-bond acceptors (Lipinski definition) is 1. The van der Waals surface area contributed by atoms with Crippen molar-refractivity contribution in [3.8, 4) is 0 Å². The first kappa shape index (κ1) is 12.6. The first-order valence-electron chi connectivity index (χ1n) is 6.12. The third kappa shape index (κ3) is 2.23. The van der Waals surface area contributed by atoms with Gasteiger partial charge in [0.1, 0.15) is 0 Å². The molecule has 1 N–H and O–H groups in total. The van der Waals surface area contributed by atoms with Gasteiger partial charge in [0.05, 0.1) is 6.42 Å². The molecule has 0 fully saturated rings. The summed E-state index contributed by atoms with van der Waals surface area (Å²) >= 11 is 0. The van der Waals surface area contributed by atoms with E-state index in [1.54, 1.807) is 0 Å². The van der Waals surface area contributed by atoms with Gasteiger partial charge in [-0.25, -0.2) is 0 Å². The van der Waals surface area contributed by atoms with Crippen LogP contribution < -0.4 is 0 Å². The SMILES string of the molecule is Cc1ccc(C(C)(C)CC(=O)O)c2ccccc12. The fourth-order valence-corrected chi connectivity index (χ4v) is 2.51. The second kappa shape index (κ2) is 4.45. The average molecular weight is 242 g/mol. The van der Waals surface area contributed by atoms with Gasteiger partial charge in [-0.15, -0.1) is 0 Å². The van der Waals surface area contributed by atoms with Crippen LogP contribution in [0.5, 0.6) is 0 Å². The predicted octanol–water partition coefficient (Wildman–Crippen LogP) is 3.90. The molecule has 0 radical (unpaired) electrons. The molecular weight excluding hydrogens is 224 g/mol. The van der Waals surface area contributed by atoms with Crippen LogP contribution in [0, 0.1) is 6.92 Å². The van der Waals surface area contributed by atoms with Crippen LogP contribution in [0.4, 0.5) is 0 Å². The Morgan fingerprint density at radius 2 is 1.72 bits per heavy atom. The lowest BCUT2D eigenvalue weighted by Crippen LogP contribution is -2.22. The number of carboxylic acid groups (broad SMARTS) is 1. The molecule has 2 rings (SSSR count). The molecule has 0 atom stereocenters. The molecule has 0 saturated heterocycles. The maximum absolute atomic E-state index is 11.0. The van der Waals surface area contributed by atoms with Crippen LogP contribution >= 0.6 is 0 Å². The highest BCUT2D eigenvalue weighted by Gasteiger charge is 2.26. The Kier molecular flexibility index (Phi) is 3.12. The van der Waals surface area contributed by atoms with Gasteiger partial charge in [-0.1, -0.05) is 50.2 Å². The van der Waals surface area contributed by atoms with Gasteiger partial charge in [-0.2, -0.15) is 0 Å². The Bertz CT molecular complexity index is 597. The summed E-state index contributed by atoms with van der Waals surface area (Å²) in [6.45, 7) is 6.05. The molecule has 0 aliphatic carbocycles. The van der Waals surface area contributed by atoms with E-state index >= 15 is 0 Å². The highest BCUT2D eigenvalue weighted by Crippen LogP contribution is 2.34. The summed E-state index contributed by atoms with van der Waals surface area (Å²) in [6.07, 6.45) is 0.139. The lowest BCUT2D eigenvalue weighted by atomic mass is 9.78. The second-order valence-corrected chi connectivity index (χ2v) is 5.43. The number of aliphatic carboxylic acids is 1. The van der Waals surface area contributed by atoms with Gasteiger partial charge in [0.25, 0.3) is 0 Å². The Labute approximate surface area is 107 Å². The molecule has 2 nitrogen and oxygen atoms in total. The Hall–Kier alpha value is -1.83. The lowest BCUT2D eigenvalue weighted by Gasteiger charge is -2.25. The number of aryl methyl sites for hydroxylation is 1. The number of carbonyl (C=O) groups is 1. The molecule has 0 heterocycles. The van der Waals surface area contributed by atoms with Gasteiger partial charge in [-0.05, 0) is 28.8 Å². The van der Waals surface area contributed by atoms with E-state index in [4.69, 9.17) is 5.11 Å². The molecule has 0 saturated carbocycles. The van der Waals surface area contributed by atoms with Crippen molar-refractivity contribution in [2.75, 3.05) is 0 Å². The van der Waals surface area contributed by atoms with Crippen molar-refractivity contribution in [1.82, 2.24) is 0 Å². The lowest BCUT2D eigenvalue weighted by molar-refractivity contribution is -0.138. The van der Waals surface area contributed by atoms with Gasteiger partial charge in [0, 0.05) is 5.41 Å². The zero-order valence-electron chi connectivity index (χ0n) is 11.0. The summed E-state index contributed by atoms with van der Waals surface area (Å²) in [5.41, 5.74) is 1.96. The van der Waals surface area contributed by atoms with Crippen LogP contribution in [0.25, 0.3) is 10.8 Å². The topological polar surface area (TPSA) is 37.3 Å². The highest BCUT2D eigenvalue weighted by atomic mass is 16.4. The van der Waals surface area contributed by atoms with Crippen LogP contribution in [0.2, 0.25) is 0 Å². The highest BCUT2D eigenvalue weighted by molar-refractivity contribution is 5.89. The molecule has 18 heavy (non-hydrogen) atoms. The van der Waals surface area contributed by atoms with Crippen molar-refractivity contribution in [2.45, 2.75) is 32.6 Å². The van der Waals surface area contributed by atoms with Crippen molar-refractivity contribution in [3.05, 3.63) is 47.5 Å². The van der Waals surface area contributed by atoms with Crippen LogP contribution in [-0.2, 0) is 10.2 Å². The van der Waals surface area contributed by atoms with Crippen molar-refractivity contribution in [1.29, 1.82) is 0 Å². The first-order valence-corrected chi connectivity index (χ1v) is 6.12. The number of fused-ring (bicyclic) bond motifs is 1. The fraction of sp³-hybridized carbons (Fsp3) is 0.312. The van der Waals surface area contributed by atoms with Crippen LogP contribution in [0.3, 0.4) is 0 Å². The van der Waals surface area contributed by atoms with Gasteiger partial charge >= 0.3 is 5.97 Å². The minimum absolute atomic E-state index is 0.139. The molecular formula is C16H18O2. The Balaban J connectivity index is 2.65. The van der Waals surface area contributed by atoms with Crippen molar-refractivity contribution in [3.63, 3.8) is 0 Å². The summed E-state index contributed by atoms with van der Waals surface area (Å²) in [4.78, 5) is 11.0. The van der Waals surface area contributed by atoms with E-state index in [-0.39, 0.29) is 11.8 Å². The van der Waals surface area contributed by atoms with Gasteiger partial charge in [-0.3, -0.25) is 4.79 Å². The molecule has 0 aliphatic rings. The van der Waals surface area contributed by atoms with Gasteiger partial charge in [0.2, 0.25) is 0 Å². The largest absolute Gasteiger partial charge is 0.481 e. The summed E-state index contributed by atoms with van der Waals surface area (Å²) < 4.78 is 0. The molecule has 0 aliphatic heterocycles. The van der Waals surface area contributed by atoms with E-state index in [0.717, 1.165) is 10.9 Å². The summed E-state index contributed by atoms with van der Waals surface area (Å²) in [7, 11) is 0. The molecule has 94 valence electrons. The number of rotatable bonds is 3. The minimum Gasteiger partial charge on any atom is -0.481 e. The summed E-state index contributed by atoms with van der Waals surface area (Å²) in [5.74, 6) is -0.760. The molecule has 2 aromatic carbocycles. The van der Waals surface area contributed by atoms with Crippen LogP contribution in [0.15, 0.2) is 36.4 Å². The van der Waals surface area contributed by atoms with Crippen LogP contribution in [-0.4, -0.2) is 11.1 Å². The zero-order valence-corrected chi connectivity index (χ0v) is 11.0. The maximum Gasteiger partial charge on any atom is 0.304 e. The molecule has 0 amide bonds. The quantitative estimate of drug-likeness (QED) is 0.886. The van der Waals surface area contributed by atoms with E-state index in [1.165, 1.54) is 10.9 Å². The minimum atomic E-state index is -0.760. The summed E-state index contributed by atoms with van der Waals surface area (Å²) in [6, 6.07) is 12.3. The molecule has 0 spiro atoms. The Morgan fingerprint density at radius 1 is 1.11 bits per heavy atom. The van der Waals surface area contributed by atoms with Gasteiger partial charge < -0.3 is 5.11 Å². The number of carboxylic acids is 1. The molecule has 0 aromatic heterocycles. The Morgan fingerprint density at radius 3 is 2.33 bits per heavy atom. The van der Waals surface area contributed by atoms with Crippen LogP contribution in [0.1, 0.15) is 31.4 Å². The molecule has 0 bridgehead atoms. The van der Waals surface area contributed by atoms with E-state index in [1.807, 2.05) is 26.0 Å². The van der Waals surface area contributed by atoms with Gasteiger partial charge in [0.15, 0.2) is 0 Å². The van der Waals surface area contributed by atoms with E-state index in [2.05, 4.69) is 31.2 Å². The van der Waals surface area contributed by atoms with E-state index in [9.17, 15) is 4.79 Å². The third-order valence-electron chi connectivity index (χ3n) is 3.46. The predicted molar refractivity (Wildman–Crippen MR) is 74.0 cm³/mol. The molecule has 2 heteroatoms. The standard InChI is InChI=1S/C16H18O2/c1-11-8-9-14(16(2,3)10-15(17)18)13-7-5-4-6-12(11)13/h4-9H,10H2,1-3H3,(H,17,18). The summed E-state index contributed by atoms with van der Waals surface area (Å²) in [5, 5.41) is 11.4. The number of hydrogen-bond donors (Lipinski definition) is 1. The van der Waals surface area contributed by atoms with E-state index in [0.29, 0.717) is 0 Å². The average Bonchev–Trinajstić information content (AvgIpc) is 2.27. The smallest absolute Gasteiger partial charge is 0.304 e. The number of benzene rings is 2.